The molecule has 0 radical (unpaired) electrons. The minimum atomic E-state index is 0.183. The number of hydrogen-bond acceptors (Lipinski definition) is 2. The Hall–Kier alpha value is -0.860. The van der Waals surface area contributed by atoms with Crippen LogP contribution in [0.2, 0.25) is 0 Å². The summed E-state index contributed by atoms with van der Waals surface area (Å²) < 4.78 is 0. The highest BCUT2D eigenvalue weighted by Crippen LogP contribution is 2.22. The van der Waals surface area contributed by atoms with Gasteiger partial charge in [-0.25, -0.2) is 0 Å². The Morgan fingerprint density at radius 1 is 1.22 bits per heavy atom. The highest BCUT2D eigenvalue weighted by molar-refractivity contribution is 5.27. The predicted octanol–water partition coefficient (Wildman–Crippen LogP) is 2.99. The Bertz CT molecular complexity index is 339. The van der Waals surface area contributed by atoms with Crippen molar-refractivity contribution >= 4 is 0 Å². The molecule has 0 aliphatic carbocycles. The van der Waals surface area contributed by atoms with E-state index in [0.717, 1.165) is 25.9 Å². The molecule has 0 bridgehead atoms. The SMILES string of the molecule is Cc1ccc(C(C)(C)CNCCCC(C)N)cc1. The quantitative estimate of drug-likeness (QED) is 0.728. The zero-order valence-corrected chi connectivity index (χ0v) is 12.3. The van der Waals surface area contributed by atoms with Gasteiger partial charge in [-0.05, 0) is 38.8 Å². The van der Waals surface area contributed by atoms with E-state index in [0.29, 0.717) is 6.04 Å². The third-order valence-electron chi connectivity index (χ3n) is 3.41. The van der Waals surface area contributed by atoms with Crippen molar-refractivity contribution in [1.82, 2.24) is 5.32 Å². The Labute approximate surface area is 112 Å². The fourth-order valence-electron chi connectivity index (χ4n) is 2.06. The van der Waals surface area contributed by atoms with Gasteiger partial charge in [0.05, 0.1) is 0 Å². The summed E-state index contributed by atoms with van der Waals surface area (Å²) in [5.41, 5.74) is 8.64. The van der Waals surface area contributed by atoms with E-state index in [2.05, 4.69) is 57.3 Å². The molecular weight excluding hydrogens is 220 g/mol. The van der Waals surface area contributed by atoms with Gasteiger partial charge in [-0.3, -0.25) is 0 Å². The third-order valence-corrected chi connectivity index (χ3v) is 3.41. The van der Waals surface area contributed by atoms with Gasteiger partial charge in [-0.2, -0.15) is 0 Å². The predicted molar refractivity (Wildman–Crippen MR) is 80.0 cm³/mol. The Balaban J connectivity index is 2.37. The van der Waals surface area contributed by atoms with Crippen molar-refractivity contribution in [3.8, 4) is 0 Å². The van der Waals surface area contributed by atoms with Crippen LogP contribution in [-0.2, 0) is 5.41 Å². The second-order valence-electron chi connectivity index (χ2n) is 6.05. The zero-order valence-electron chi connectivity index (χ0n) is 12.3. The number of benzene rings is 1. The first-order valence-electron chi connectivity index (χ1n) is 6.95. The van der Waals surface area contributed by atoms with Gasteiger partial charge in [0.25, 0.3) is 0 Å². The van der Waals surface area contributed by atoms with Crippen LogP contribution in [0, 0.1) is 6.92 Å². The number of hydrogen-bond donors (Lipinski definition) is 2. The lowest BCUT2D eigenvalue weighted by Crippen LogP contribution is -2.33. The molecule has 0 aliphatic rings. The fourth-order valence-corrected chi connectivity index (χ4v) is 2.06. The minimum absolute atomic E-state index is 0.183. The number of aryl methyl sites for hydroxylation is 1. The van der Waals surface area contributed by atoms with Gasteiger partial charge in [0.1, 0.15) is 0 Å². The number of rotatable bonds is 7. The molecule has 1 rings (SSSR count). The normalized spacial score (nSPS) is 13.6. The van der Waals surface area contributed by atoms with Crippen LogP contribution in [-0.4, -0.2) is 19.1 Å². The summed E-state index contributed by atoms with van der Waals surface area (Å²) in [6.45, 7) is 10.8. The van der Waals surface area contributed by atoms with Crippen molar-refractivity contribution in [3.05, 3.63) is 35.4 Å². The van der Waals surface area contributed by atoms with E-state index in [1.807, 2.05) is 0 Å². The number of nitrogens with two attached hydrogens (primary N) is 1. The molecule has 0 spiro atoms. The highest BCUT2D eigenvalue weighted by Gasteiger charge is 2.19. The van der Waals surface area contributed by atoms with Crippen LogP contribution in [0.5, 0.6) is 0 Å². The molecule has 1 unspecified atom stereocenters. The van der Waals surface area contributed by atoms with Gasteiger partial charge < -0.3 is 11.1 Å². The molecule has 0 aromatic heterocycles. The van der Waals surface area contributed by atoms with Crippen LogP contribution in [0.1, 0.15) is 44.7 Å². The molecule has 3 N–H and O–H groups in total. The first-order valence-corrected chi connectivity index (χ1v) is 6.95. The first-order chi connectivity index (χ1) is 8.42. The molecule has 0 aliphatic heterocycles. The van der Waals surface area contributed by atoms with Crippen molar-refractivity contribution in [2.75, 3.05) is 13.1 Å². The molecule has 0 heterocycles. The third kappa shape index (κ3) is 5.19. The van der Waals surface area contributed by atoms with Crippen molar-refractivity contribution in [2.45, 2.75) is 52.0 Å². The zero-order chi connectivity index (χ0) is 13.6. The van der Waals surface area contributed by atoms with Crippen molar-refractivity contribution in [3.63, 3.8) is 0 Å². The van der Waals surface area contributed by atoms with Crippen molar-refractivity contribution < 1.29 is 0 Å². The molecule has 0 amide bonds. The van der Waals surface area contributed by atoms with E-state index in [4.69, 9.17) is 5.73 Å². The van der Waals surface area contributed by atoms with Gasteiger partial charge in [-0.1, -0.05) is 43.7 Å². The summed E-state index contributed by atoms with van der Waals surface area (Å²) in [5, 5.41) is 3.54. The van der Waals surface area contributed by atoms with Gasteiger partial charge >= 0.3 is 0 Å². The largest absolute Gasteiger partial charge is 0.328 e. The standard InChI is InChI=1S/C16H28N2/c1-13-7-9-15(10-8-13)16(3,4)12-18-11-5-6-14(2)17/h7-10,14,18H,5-6,11-12,17H2,1-4H3. The van der Waals surface area contributed by atoms with Crippen LogP contribution >= 0.6 is 0 Å². The molecule has 18 heavy (non-hydrogen) atoms. The van der Waals surface area contributed by atoms with E-state index in [-0.39, 0.29) is 5.41 Å². The summed E-state index contributed by atoms with van der Waals surface area (Å²) in [5.74, 6) is 0. The van der Waals surface area contributed by atoms with Crippen LogP contribution in [0.4, 0.5) is 0 Å². The summed E-state index contributed by atoms with van der Waals surface area (Å²) >= 11 is 0. The van der Waals surface area contributed by atoms with Gasteiger partial charge in [0.15, 0.2) is 0 Å². The summed E-state index contributed by atoms with van der Waals surface area (Å²) in [6, 6.07) is 9.16. The highest BCUT2D eigenvalue weighted by atomic mass is 14.9. The maximum Gasteiger partial charge on any atom is 0.00431 e. The molecule has 2 heteroatoms. The summed E-state index contributed by atoms with van der Waals surface area (Å²) in [6.07, 6.45) is 2.25. The van der Waals surface area contributed by atoms with Crippen LogP contribution < -0.4 is 11.1 Å². The smallest absolute Gasteiger partial charge is 0.00431 e. The van der Waals surface area contributed by atoms with Gasteiger partial charge in [-0.15, -0.1) is 0 Å². The monoisotopic (exact) mass is 248 g/mol. The molecule has 1 atom stereocenters. The fraction of sp³-hybridized carbons (Fsp3) is 0.625. The van der Waals surface area contributed by atoms with Crippen LogP contribution in [0.25, 0.3) is 0 Å². The van der Waals surface area contributed by atoms with Crippen LogP contribution in [0.15, 0.2) is 24.3 Å². The van der Waals surface area contributed by atoms with Crippen LogP contribution in [0.3, 0.4) is 0 Å². The first kappa shape index (κ1) is 15.2. The average molecular weight is 248 g/mol. The number of nitrogens with one attached hydrogen (secondary N) is 1. The molecule has 0 fully saturated rings. The summed E-state index contributed by atoms with van der Waals surface area (Å²) in [7, 11) is 0. The molecule has 1 aromatic carbocycles. The van der Waals surface area contributed by atoms with E-state index < -0.39 is 0 Å². The molecule has 0 saturated heterocycles. The van der Waals surface area contributed by atoms with Crippen molar-refractivity contribution in [2.24, 2.45) is 5.73 Å². The van der Waals surface area contributed by atoms with E-state index >= 15 is 0 Å². The Kier molecular flexibility index (Phi) is 5.83. The average Bonchev–Trinajstić information content (AvgIpc) is 2.28. The topological polar surface area (TPSA) is 38.0 Å². The molecular formula is C16H28N2. The minimum Gasteiger partial charge on any atom is -0.328 e. The second-order valence-corrected chi connectivity index (χ2v) is 6.05. The van der Waals surface area contributed by atoms with Gasteiger partial charge in [0, 0.05) is 18.0 Å². The van der Waals surface area contributed by atoms with E-state index in [9.17, 15) is 0 Å². The van der Waals surface area contributed by atoms with E-state index in [1.54, 1.807) is 0 Å². The maximum absolute atomic E-state index is 5.74. The Morgan fingerprint density at radius 2 is 1.83 bits per heavy atom. The lowest BCUT2D eigenvalue weighted by Gasteiger charge is -2.26. The lowest BCUT2D eigenvalue weighted by atomic mass is 9.84. The summed E-state index contributed by atoms with van der Waals surface area (Å²) in [4.78, 5) is 0. The lowest BCUT2D eigenvalue weighted by molar-refractivity contribution is 0.458. The Morgan fingerprint density at radius 3 is 2.39 bits per heavy atom. The maximum atomic E-state index is 5.74. The molecule has 2 nitrogen and oxygen atoms in total. The molecule has 1 aromatic rings. The van der Waals surface area contributed by atoms with Crippen molar-refractivity contribution in [1.29, 1.82) is 0 Å². The molecule has 0 saturated carbocycles. The van der Waals surface area contributed by atoms with Gasteiger partial charge in [0.2, 0.25) is 0 Å². The second kappa shape index (κ2) is 6.91. The van der Waals surface area contributed by atoms with E-state index in [1.165, 1.54) is 11.1 Å². The molecule has 102 valence electrons.